The maximum absolute atomic E-state index is 14.1. The molecule has 38 heavy (non-hydrogen) atoms. The molecular formula is C31H33N3O3S. The number of rotatable bonds is 6. The van der Waals surface area contributed by atoms with Crippen LogP contribution in [0, 0.1) is 0 Å². The molecular weight excluding hydrogens is 494 g/mol. The third kappa shape index (κ3) is 4.56. The number of thiophene rings is 1. The van der Waals surface area contributed by atoms with Gasteiger partial charge in [0.25, 0.3) is 0 Å². The number of carbonyl (C=O) groups is 1. The maximum atomic E-state index is 14.1. The second-order valence-electron chi connectivity index (χ2n) is 9.84. The summed E-state index contributed by atoms with van der Waals surface area (Å²) >= 11 is 1.90. The van der Waals surface area contributed by atoms with Crippen molar-refractivity contribution >= 4 is 17.4 Å². The van der Waals surface area contributed by atoms with Gasteiger partial charge in [0.05, 0.1) is 32.0 Å². The van der Waals surface area contributed by atoms with Crippen LogP contribution in [0.2, 0.25) is 0 Å². The summed E-state index contributed by atoms with van der Waals surface area (Å²) in [6.07, 6.45) is 6.80. The van der Waals surface area contributed by atoms with Gasteiger partial charge in [0.1, 0.15) is 16.5 Å². The van der Waals surface area contributed by atoms with Crippen LogP contribution in [0.25, 0.3) is 5.00 Å². The molecule has 2 aromatic carbocycles. The number of urea groups is 1. The lowest BCUT2D eigenvalue weighted by molar-refractivity contribution is 0.180. The molecule has 0 spiro atoms. The third-order valence-electron chi connectivity index (χ3n) is 7.50. The molecule has 1 aliphatic heterocycles. The Labute approximate surface area is 227 Å². The van der Waals surface area contributed by atoms with E-state index in [0.717, 1.165) is 41.2 Å². The minimum absolute atomic E-state index is 0.0870. The minimum atomic E-state index is -0.255. The first-order valence-electron chi connectivity index (χ1n) is 13.4. The zero-order chi connectivity index (χ0) is 26.1. The first-order valence-corrected chi connectivity index (χ1v) is 14.2. The normalized spacial score (nSPS) is 16.2. The highest BCUT2D eigenvalue weighted by Gasteiger charge is 2.36. The van der Waals surface area contributed by atoms with Crippen LogP contribution in [0.5, 0.6) is 11.5 Å². The molecule has 7 heteroatoms. The highest BCUT2D eigenvalue weighted by Crippen LogP contribution is 2.44. The Balaban J connectivity index is 1.42. The number of hydrogen-bond donors (Lipinski definition) is 1. The Morgan fingerprint density at radius 1 is 1.03 bits per heavy atom. The number of hydrogen-bond acceptors (Lipinski definition) is 4. The summed E-state index contributed by atoms with van der Waals surface area (Å²) in [6.45, 7) is 3.58. The fourth-order valence-corrected chi connectivity index (χ4v) is 7.14. The van der Waals surface area contributed by atoms with Crippen molar-refractivity contribution in [2.24, 2.45) is 0 Å². The van der Waals surface area contributed by atoms with Crippen LogP contribution >= 0.6 is 11.3 Å². The summed E-state index contributed by atoms with van der Waals surface area (Å²) < 4.78 is 13.5. The molecule has 0 saturated heterocycles. The van der Waals surface area contributed by atoms with Crippen LogP contribution in [0.15, 0.2) is 66.9 Å². The summed E-state index contributed by atoms with van der Waals surface area (Å²) in [5.74, 6) is 1.60. The van der Waals surface area contributed by atoms with Crippen LogP contribution in [0.3, 0.4) is 0 Å². The van der Waals surface area contributed by atoms with E-state index in [1.807, 2.05) is 59.6 Å². The van der Waals surface area contributed by atoms with Crippen molar-refractivity contribution in [2.45, 2.75) is 51.7 Å². The van der Waals surface area contributed by atoms with E-state index in [0.29, 0.717) is 19.7 Å². The van der Waals surface area contributed by atoms with E-state index < -0.39 is 0 Å². The number of fused-ring (bicyclic) bond motifs is 5. The minimum Gasteiger partial charge on any atom is -0.497 e. The standard InChI is InChI=1S/C31H33N3O3S/c1-3-37-24-12-7-10-22(18-24)29-27-14-8-16-33(27)30-26(25-13-4-5-15-28(25)38-30)20-34(29)31(35)32-19-21-9-6-11-23(17-21)36-2/h6-12,14,16-18,29H,3-5,13,15,19-20H2,1-2H3,(H,32,35). The number of ether oxygens (including phenoxy) is 2. The monoisotopic (exact) mass is 527 g/mol. The predicted octanol–water partition coefficient (Wildman–Crippen LogP) is 6.64. The lowest BCUT2D eigenvalue weighted by atomic mass is 9.95. The second-order valence-corrected chi connectivity index (χ2v) is 10.9. The molecule has 0 fully saturated rings. The maximum Gasteiger partial charge on any atom is 0.318 e. The molecule has 1 atom stereocenters. The van der Waals surface area contributed by atoms with Crippen molar-refractivity contribution in [2.75, 3.05) is 13.7 Å². The van der Waals surface area contributed by atoms with E-state index in [-0.39, 0.29) is 12.1 Å². The Morgan fingerprint density at radius 3 is 2.74 bits per heavy atom. The highest BCUT2D eigenvalue weighted by atomic mass is 32.1. The Morgan fingerprint density at radius 2 is 1.87 bits per heavy atom. The number of benzene rings is 2. The average Bonchev–Trinajstić information content (AvgIpc) is 3.54. The quantitative estimate of drug-likeness (QED) is 0.306. The number of methoxy groups -OCH3 is 1. The van der Waals surface area contributed by atoms with Crippen LogP contribution in [0.4, 0.5) is 4.79 Å². The molecule has 6 rings (SSSR count). The Hall–Kier alpha value is -3.71. The molecule has 196 valence electrons. The molecule has 1 N–H and O–H groups in total. The van der Waals surface area contributed by atoms with Crippen molar-refractivity contribution in [1.82, 2.24) is 14.8 Å². The van der Waals surface area contributed by atoms with Crippen molar-refractivity contribution in [3.8, 4) is 16.5 Å². The van der Waals surface area contributed by atoms with Crippen LogP contribution in [0.1, 0.15) is 58.6 Å². The Kier molecular flexibility index (Phi) is 6.85. The van der Waals surface area contributed by atoms with Gasteiger partial charge < -0.3 is 24.3 Å². The van der Waals surface area contributed by atoms with Crippen LogP contribution in [-0.2, 0) is 25.9 Å². The summed E-state index contributed by atoms with van der Waals surface area (Å²) in [4.78, 5) is 17.5. The summed E-state index contributed by atoms with van der Waals surface area (Å²) in [6, 6.07) is 19.9. The molecule has 4 aromatic rings. The van der Waals surface area contributed by atoms with Gasteiger partial charge in [-0.3, -0.25) is 0 Å². The molecule has 0 radical (unpaired) electrons. The molecule has 2 aromatic heterocycles. The van der Waals surface area contributed by atoms with Gasteiger partial charge in [-0.15, -0.1) is 11.3 Å². The van der Waals surface area contributed by atoms with Gasteiger partial charge in [-0.1, -0.05) is 24.3 Å². The van der Waals surface area contributed by atoms with E-state index >= 15 is 0 Å². The van der Waals surface area contributed by atoms with E-state index in [1.165, 1.54) is 33.8 Å². The summed E-state index contributed by atoms with van der Waals surface area (Å²) in [5, 5.41) is 4.46. The largest absolute Gasteiger partial charge is 0.497 e. The summed E-state index contributed by atoms with van der Waals surface area (Å²) in [7, 11) is 1.66. The van der Waals surface area contributed by atoms with Crippen LogP contribution < -0.4 is 14.8 Å². The van der Waals surface area contributed by atoms with Gasteiger partial charge in [-0.2, -0.15) is 0 Å². The third-order valence-corrected chi connectivity index (χ3v) is 8.84. The average molecular weight is 528 g/mol. The zero-order valence-electron chi connectivity index (χ0n) is 21.9. The van der Waals surface area contributed by atoms with Gasteiger partial charge in [0.2, 0.25) is 0 Å². The molecule has 3 heterocycles. The molecule has 0 bridgehead atoms. The lowest BCUT2D eigenvalue weighted by Gasteiger charge is -2.31. The second kappa shape index (κ2) is 10.6. The number of nitrogens with zero attached hydrogens (tertiary/aromatic N) is 2. The zero-order valence-corrected chi connectivity index (χ0v) is 22.7. The lowest BCUT2D eigenvalue weighted by Crippen LogP contribution is -2.41. The van der Waals surface area contributed by atoms with Crippen molar-refractivity contribution < 1.29 is 14.3 Å². The highest BCUT2D eigenvalue weighted by molar-refractivity contribution is 7.15. The van der Waals surface area contributed by atoms with Crippen molar-refractivity contribution in [3.05, 3.63) is 99.7 Å². The topological polar surface area (TPSA) is 55.7 Å². The number of aromatic nitrogens is 1. The van der Waals surface area contributed by atoms with Gasteiger partial charge in [-0.05, 0) is 85.7 Å². The van der Waals surface area contributed by atoms with Crippen molar-refractivity contribution in [3.63, 3.8) is 0 Å². The van der Waals surface area contributed by atoms with Gasteiger partial charge in [0.15, 0.2) is 0 Å². The first-order chi connectivity index (χ1) is 18.7. The van der Waals surface area contributed by atoms with Gasteiger partial charge in [0, 0.05) is 23.2 Å². The fourth-order valence-electron chi connectivity index (χ4n) is 5.74. The van der Waals surface area contributed by atoms with E-state index in [1.54, 1.807) is 7.11 Å². The molecule has 2 aliphatic rings. The van der Waals surface area contributed by atoms with Crippen molar-refractivity contribution in [1.29, 1.82) is 0 Å². The number of aryl methyl sites for hydroxylation is 1. The predicted molar refractivity (Wildman–Crippen MR) is 151 cm³/mol. The van der Waals surface area contributed by atoms with E-state index in [9.17, 15) is 4.79 Å². The van der Waals surface area contributed by atoms with E-state index in [4.69, 9.17) is 9.47 Å². The molecule has 1 aliphatic carbocycles. The SMILES string of the molecule is CCOc1cccc(C2c3cccn3-c3sc4c(c3CN2C(=O)NCc2cccc(OC)c2)CCCC4)c1. The van der Waals surface area contributed by atoms with Gasteiger partial charge in [-0.25, -0.2) is 4.79 Å². The fraction of sp³-hybridized carbons (Fsp3) is 0.323. The number of amides is 2. The Bertz CT molecular complexity index is 1460. The van der Waals surface area contributed by atoms with Crippen LogP contribution in [-0.4, -0.2) is 29.2 Å². The molecule has 2 amide bonds. The molecule has 1 unspecified atom stereocenters. The number of nitrogens with one attached hydrogen (secondary N) is 1. The first kappa shape index (κ1) is 24.6. The van der Waals surface area contributed by atoms with Gasteiger partial charge >= 0.3 is 6.03 Å². The molecule has 0 saturated carbocycles. The van der Waals surface area contributed by atoms with E-state index in [2.05, 4.69) is 40.3 Å². The smallest absolute Gasteiger partial charge is 0.318 e. The number of carbonyl (C=O) groups excluding carboxylic acids is 1. The summed E-state index contributed by atoms with van der Waals surface area (Å²) in [5.41, 5.74) is 5.87. The molecule has 6 nitrogen and oxygen atoms in total.